The van der Waals surface area contributed by atoms with Gasteiger partial charge in [-0.05, 0) is 31.0 Å². The van der Waals surface area contributed by atoms with Crippen LogP contribution in [0.25, 0.3) is 5.57 Å². The molecule has 0 N–H and O–H groups in total. The molecule has 0 radical (unpaired) electrons. The molecule has 0 aliphatic rings. The molecule has 0 aliphatic heterocycles. The predicted molar refractivity (Wildman–Crippen MR) is 50.9 cm³/mol. The van der Waals surface area contributed by atoms with Crippen LogP contribution in [-0.2, 0) is 0 Å². The van der Waals surface area contributed by atoms with Crippen LogP contribution in [0.5, 0.6) is 0 Å². The Morgan fingerprint density at radius 1 is 1.45 bits per heavy atom. The molecule has 58 valence electrons. The normalized spacial score (nSPS) is 9.73. The molecule has 0 bridgehead atoms. The molecular formula is C10H11Cl. The van der Waals surface area contributed by atoms with E-state index in [0.29, 0.717) is 0 Å². The summed E-state index contributed by atoms with van der Waals surface area (Å²) >= 11 is 5.92. The summed E-state index contributed by atoms with van der Waals surface area (Å²) in [5.74, 6) is 0. The second-order valence-electron chi connectivity index (χ2n) is 2.74. The van der Waals surface area contributed by atoms with E-state index in [0.717, 1.165) is 21.7 Å². The SMILES string of the molecule is C=C(C)c1ccc(C)c(Cl)c1. The van der Waals surface area contributed by atoms with E-state index >= 15 is 0 Å². The number of halogens is 1. The first kappa shape index (κ1) is 8.35. The molecule has 1 rings (SSSR count). The third-order valence-electron chi connectivity index (χ3n) is 1.66. The highest BCUT2D eigenvalue weighted by Gasteiger charge is 1.96. The Morgan fingerprint density at radius 3 is 2.55 bits per heavy atom. The number of hydrogen-bond acceptors (Lipinski definition) is 0. The number of rotatable bonds is 1. The van der Waals surface area contributed by atoms with Crippen molar-refractivity contribution >= 4 is 17.2 Å². The minimum absolute atomic E-state index is 0.811. The highest BCUT2D eigenvalue weighted by molar-refractivity contribution is 6.31. The monoisotopic (exact) mass is 166 g/mol. The number of aryl methyl sites for hydroxylation is 1. The molecule has 0 amide bonds. The summed E-state index contributed by atoms with van der Waals surface area (Å²) in [5.41, 5.74) is 3.27. The molecule has 1 heteroatoms. The fourth-order valence-corrected chi connectivity index (χ4v) is 1.04. The lowest BCUT2D eigenvalue weighted by molar-refractivity contribution is 1.45. The fraction of sp³-hybridized carbons (Fsp3) is 0.200. The van der Waals surface area contributed by atoms with Crippen LogP contribution in [0.3, 0.4) is 0 Å². The number of hydrogen-bond donors (Lipinski definition) is 0. The Morgan fingerprint density at radius 2 is 2.09 bits per heavy atom. The minimum atomic E-state index is 0.811. The van der Waals surface area contributed by atoms with Crippen LogP contribution in [0.15, 0.2) is 24.8 Å². The molecular weight excluding hydrogens is 156 g/mol. The molecule has 0 nitrogen and oxygen atoms in total. The van der Waals surface area contributed by atoms with Gasteiger partial charge in [0.05, 0.1) is 0 Å². The highest BCUT2D eigenvalue weighted by atomic mass is 35.5. The molecule has 0 saturated heterocycles. The largest absolute Gasteiger partial charge is 0.0955 e. The molecule has 0 saturated carbocycles. The van der Waals surface area contributed by atoms with E-state index in [4.69, 9.17) is 11.6 Å². The first-order chi connectivity index (χ1) is 5.11. The summed E-state index contributed by atoms with van der Waals surface area (Å²) in [7, 11) is 0. The highest BCUT2D eigenvalue weighted by Crippen LogP contribution is 2.20. The number of benzene rings is 1. The van der Waals surface area contributed by atoms with Crippen molar-refractivity contribution in [2.45, 2.75) is 13.8 Å². The lowest BCUT2D eigenvalue weighted by Gasteiger charge is -2.01. The summed E-state index contributed by atoms with van der Waals surface area (Å²) in [4.78, 5) is 0. The zero-order chi connectivity index (χ0) is 8.43. The van der Waals surface area contributed by atoms with E-state index in [1.165, 1.54) is 0 Å². The van der Waals surface area contributed by atoms with Crippen molar-refractivity contribution in [3.05, 3.63) is 40.9 Å². The van der Waals surface area contributed by atoms with Crippen LogP contribution in [0, 0.1) is 6.92 Å². The van der Waals surface area contributed by atoms with Gasteiger partial charge in [-0.2, -0.15) is 0 Å². The van der Waals surface area contributed by atoms with Gasteiger partial charge in [0.25, 0.3) is 0 Å². The van der Waals surface area contributed by atoms with E-state index in [2.05, 4.69) is 6.58 Å². The first-order valence-corrected chi connectivity index (χ1v) is 3.91. The van der Waals surface area contributed by atoms with Crippen molar-refractivity contribution in [1.82, 2.24) is 0 Å². The van der Waals surface area contributed by atoms with Gasteiger partial charge in [-0.1, -0.05) is 35.9 Å². The molecule has 11 heavy (non-hydrogen) atoms. The third-order valence-corrected chi connectivity index (χ3v) is 2.07. The molecule has 0 atom stereocenters. The van der Waals surface area contributed by atoms with Crippen molar-refractivity contribution < 1.29 is 0 Å². The second kappa shape index (κ2) is 3.10. The van der Waals surface area contributed by atoms with Gasteiger partial charge in [0.2, 0.25) is 0 Å². The Kier molecular flexibility index (Phi) is 2.35. The zero-order valence-corrected chi connectivity index (χ0v) is 7.57. The topological polar surface area (TPSA) is 0 Å². The van der Waals surface area contributed by atoms with Gasteiger partial charge in [-0.15, -0.1) is 0 Å². The molecule has 0 fully saturated rings. The van der Waals surface area contributed by atoms with Gasteiger partial charge >= 0.3 is 0 Å². The van der Waals surface area contributed by atoms with Crippen molar-refractivity contribution in [2.24, 2.45) is 0 Å². The second-order valence-corrected chi connectivity index (χ2v) is 3.15. The number of allylic oxidation sites excluding steroid dienone is 1. The van der Waals surface area contributed by atoms with Crippen molar-refractivity contribution in [2.75, 3.05) is 0 Å². The van der Waals surface area contributed by atoms with Crippen molar-refractivity contribution in [1.29, 1.82) is 0 Å². The average molecular weight is 167 g/mol. The third kappa shape index (κ3) is 1.84. The van der Waals surface area contributed by atoms with Crippen molar-refractivity contribution in [3.63, 3.8) is 0 Å². The summed E-state index contributed by atoms with van der Waals surface area (Å²) < 4.78 is 0. The van der Waals surface area contributed by atoms with E-state index in [9.17, 15) is 0 Å². The summed E-state index contributed by atoms with van der Waals surface area (Å²) in [6.07, 6.45) is 0. The van der Waals surface area contributed by atoms with Gasteiger partial charge in [0, 0.05) is 5.02 Å². The summed E-state index contributed by atoms with van der Waals surface area (Å²) in [6, 6.07) is 5.98. The minimum Gasteiger partial charge on any atom is -0.0955 e. The van der Waals surface area contributed by atoms with Crippen molar-refractivity contribution in [3.8, 4) is 0 Å². The van der Waals surface area contributed by atoms with Gasteiger partial charge < -0.3 is 0 Å². The zero-order valence-electron chi connectivity index (χ0n) is 6.82. The van der Waals surface area contributed by atoms with E-state index in [-0.39, 0.29) is 0 Å². The maximum atomic E-state index is 5.92. The fourth-order valence-electron chi connectivity index (χ4n) is 0.858. The van der Waals surface area contributed by atoms with E-state index < -0.39 is 0 Å². The molecule has 0 heterocycles. The summed E-state index contributed by atoms with van der Waals surface area (Å²) in [5, 5.41) is 0.811. The first-order valence-electron chi connectivity index (χ1n) is 3.53. The Bertz CT molecular complexity index is 287. The van der Waals surface area contributed by atoms with Crippen LogP contribution in [0.2, 0.25) is 5.02 Å². The standard InChI is InChI=1S/C10H11Cl/c1-7(2)9-5-4-8(3)10(11)6-9/h4-6H,1H2,2-3H3. The lowest BCUT2D eigenvalue weighted by atomic mass is 10.1. The van der Waals surface area contributed by atoms with Crippen LogP contribution in [0.4, 0.5) is 0 Å². The van der Waals surface area contributed by atoms with Gasteiger partial charge in [-0.3, -0.25) is 0 Å². The molecule has 1 aromatic carbocycles. The van der Waals surface area contributed by atoms with Crippen LogP contribution < -0.4 is 0 Å². The van der Waals surface area contributed by atoms with Crippen LogP contribution in [0.1, 0.15) is 18.1 Å². The van der Waals surface area contributed by atoms with Gasteiger partial charge in [0.15, 0.2) is 0 Å². The molecule has 0 aromatic heterocycles. The smallest absolute Gasteiger partial charge is 0.0441 e. The molecule has 0 aliphatic carbocycles. The van der Waals surface area contributed by atoms with Gasteiger partial charge in [-0.25, -0.2) is 0 Å². The molecule has 0 spiro atoms. The Balaban J connectivity index is 3.15. The quantitative estimate of drug-likeness (QED) is 0.597. The molecule has 0 unspecified atom stereocenters. The van der Waals surface area contributed by atoms with Crippen LogP contribution >= 0.6 is 11.6 Å². The maximum Gasteiger partial charge on any atom is 0.0441 e. The Labute approximate surface area is 72.5 Å². The van der Waals surface area contributed by atoms with E-state index in [1.54, 1.807) is 0 Å². The predicted octanol–water partition coefficient (Wildman–Crippen LogP) is 3.68. The maximum absolute atomic E-state index is 5.92. The average Bonchev–Trinajstić information content (AvgIpc) is 1.94. The molecule has 1 aromatic rings. The lowest BCUT2D eigenvalue weighted by Crippen LogP contribution is -1.80. The van der Waals surface area contributed by atoms with Crippen LogP contribution in [-0.4, -0.2) is 0 Å². The van der Waals surface area contributed by atoms with Gasteiger partial charge in [0.1, 0.15) is 0 Å². The Hall–Kier alpha value is -0.750. The summed E-state index contributed by atoms with van der Waals surface area (Å²) in [6.45, 7) is 7.80. The van der Waals surface area contributed by atoms with E-state index in [1.807, 2.05) is 32.0 Å².